The molecular weight excluding hydrogens is 252 g/mol. The molecule has 1 atom stereocenters. The summed E-state index contributed by atoms with van der Waals surface area (Å²) in [5, 5.41) is 0. The van der Waals surface area contributed by atoms with Gasteiger partial charge in [-0.3, -0.25) is 0 Å². The molecule has 1 aliphatic heterocycles. The van der Waals surface area contributed by atoms with Crippen molar-refractivity contribution >= 4 is 11.8 Å². The van der Waals surface area contributed by atoms with Crippen LogP contribution in [-0.2, 0) is 10.9 Å². The lowest BCUT2D eigenvalue weighted by molar-refractivity contribution is -0.140. The van der Waals surface area contributed by atoms with E-state index in [1.165, 1.54) is 6.07 Å². The number of thioether (sulfide) groups is 1. The van der Waals surface area contributed by atoms with Crippen LogP contribution in [0.1, 0.15) is 30.9 Å². The Bertz CT molecular complexity index is 419. The van der Waals surface area contributed by atoms with Crippen LogP contribution in [0.5, 0.6) is 0 Å². The van der Waals surface area contributed by atoms with Gasteiger partial charge in [0.2, 0.25) is 0 Å². The average molecular weight is 264 g/mol. The molecule has 1 aliphatic rings. The molecular formula is C12H12F4S. The van der Waals surface area contributed by atoms with E-state index >= 15 is 0 Å². The maximum atomic E-state index is 13.4. The van der Waals surface area contributed by atoms with Gasteiger partial charge in [0.05, 0.1) is 5.56 Å². The van der Waals surface area contributed by atoms with Gasteiger partial charge < -0.3 is 0 Å². The monoisotopic (exact) mass is 264 g/mol. The second-order valence-corrected chi connectivity index (χ2v) is 5.97. The molecule has 0 amide bonds. The van der Waals surface area contributed by atoms with Crippen LogP contribution in [0.3, 0.4) is 0 Å². The predicted octanol–water partition coefficient (Wildman–Crippen LogP) is 4.59. The van der Waals surface area contributed by atoms with Crippen LogP contribution in [0.25, 0.3) is 0 Å². The molecule has 5 heteroatoms. The Kier molecular flexibility index (Phi) is 3.14. The van der Waals surface area contributed by atoms with E-state index in [0.717, 1.165) is 30.7 Å². The van der Waals surface area contributed by atoms with Crippen molar-refractivity contribution in [2.24, 2.45) is 0 Å². The first-order valence-electron chi connectivity index (χ1n) is 5.34. The van der Waals surface area contributed by atoms with E-state index in [9.17, 15) is 17.6 Å². The zero-order chi connectivity index (χ0) is 12.7. The first-order chi connectivity index (χ1) is 7.83. The summed E-state index contributed by atoms with van der Waals surface area (Å²) in [4.78, 5) is 0. The first kappa shape index (κ1) is 12.7. The van der Waals surface area contributed by atoms with Crippen molar-refractivity contribution in [1.82, 2.24) is 0 Å². The van der Waals surface area contributed by atoms with Gasteiger partial charge in [-0.2, -0.15) is 24.9 Å². The van der Waals surface area contributed by atoms with Crippen molar-refractivity contribution in [1.29, 1.82) is 0 Å². The van der Waals surface area contributed by atoms with Gasteiger partial charge in [-0.05, 0) is 43.2 Å². The van der Waals surface area contributed by atoms with Crippen LogP contribution in [0.4, 0.5) is 17.6 Å². The van der Waals surface area contributed by atoms with Crippen LogP contribution in [0.2, 0.25) is 0 Å². The third kappa shape index (κ3) is 2.44. The Balaban J connectivity index is 2.37. The maximum Gasteiger partial charge on any atom is 0.419 e. The molecule has 2 rings (SSSR count). The number of alkyl halides is 3. The van der Waals surface area contributed by atoms with Crippen LogP contribution in [0, 0.1) is 5.82 Å². The SMILES string of the molecule is CC1(c2ccc(C(F)(F)F)c(F)c2)CCCS1. The molecule has 1 aromatic carbocycles. The number of benzene rings is 1. The summed E-state index contributed by atoms with van der Waals surface area (Å²) < 4.78 is 50.4. The van der Waals surface area contributed by atoms with E-state index in [-0.39, 0.29) is 4.75 Å². The molecule has 1 heterocycles. The second-order valence-electron chi connectivity index (χ2n) is 4.38. The predicted molar refractivity (Wildman–Crippen MR) is 60.4 cm³/mol. The highest BCUT2D eigenvalue weighted by atomic mass is 32.2. The van der Waals surface area contributed by atoms with Crippen LogP contribution in [0.15, 0.2) is 18.2 Å². The summed E-state index contributed by atoms with van der Waals surface area (Å²) in [5.74, 6) is -0.206. The smallest absolute Gasteiger partial charge is 0.206 e. The maximum absolute atomic E-state index is 13.4. The molecule has 0 saturated carbocycles. The zero-order valence-electron chi connectivity index (χ0n) is 9.27. The third-order valence-electron chi connectivity index (χ3n) is 3.10. The van der Waals surface area contributed by atoms with Crippen molar-refractivity contribution in [2.75, 3.05) is 5.75 Å². The standard InChI is InChI=1S/C12H12F4S/c1-11(5-2-6-17-11)8-3-4-9(10(13)7-8)12(14,15)16/h3-4,7H,2,5-6H2,1H3. The Morgan fingerprint density at radius 3 is 2.47 bits per heavy atom. The van der Waals surface area contributed by atoms with E-state index in [1.54, 1.807) is 11.8 Å². The topological polar surface area (TPSA) is 0 Å². The van der Waals surface area contributed by atoms with Crippen LogP contribution >= 0.6 is 11.8 Å². The fourth-order valence-electron chi connectivity index (χ4n) is 2.08. The first-order valence-corrected chi connectivity index (χ1v) is 6.33. The van der Waals surface area contributed by atoms with Gasteiger partial charge in [0.15, 0.2) is 0 Å². The normalized spacial score (nSPS) is 25.2. The molecule has 0 aliphatic carbocycles. The lowest BCUT2D eigenvalue weighted by Gasteiger charge is -2.24. The van der Waals surface area contributed by atoms with Gasteiger partial charge in [-0.25, -0.2) is 4.39 Å². The lowest BCUT2D eigenvalue weighted by Crippen LogP contribution is -2.15. The largest absolute Gasteiger partial charge is 0.419 e. The number of hydrogen-bond donors (Lipinski definition) is 0. The van der Waals surface area contributed by atoms with Gasteiger partial charge in [0.1, 0.15) is 5.82 Å². The Morgan fingerprint density at radius 1 is 1.29 bits per heavy atom. The minimum atomic E-state index is -4.62. The van der Waals surface area contributed by atoms with Crippen molar-refractivity contribution in [3.05, 3.63) is 35.1 Å². The fraction of sp³-hybridized carbons (Fsp3) is 0.500. The van der Waals surface area contributed by atoms with Crippen molar-refractivity contribution in [2.45, 2.75) is 30.7 Å². The Labute approximate surface area is 101 Å². The Morgan fingerprint density at radius 2 is 2.00 bits per heavy atom. The highest BCUT2D eigenvalue weighted by molar-refractivity contribution is 8.00. The van der Waals surface area contributed by atoms with Gasteiger partial charge in [-0.15, -0.1) is 0 Å². The molecule has 17 heavy (non-hydrogen) atoms. The van der Waals surface area contributed by atoms with E-state index in [4.69, 9.17) is 0 Å². The summed E-state index contributed by atoms with van der Waals surface area (Å²) in [6.07, 6.45) is -2.72. The van der Waals surface area contributed by atoms with Crippen molar-refractivity contribution in [3.8, 4) is 0 Å². The molecule has 0 aromatic heterocycles. The average Bonchev–Trinajstić information content (AvgIpc) is 2.64. The molecule has 1 unspecified atom stereocenters. The number of rotatable bonds is 1. The molecule has 0 nitrogen and oxygen atoms in total. The third-order valence-corrected chi connectivity index (χ3v) is 4.67. The van der Waals surface area contributed by atoms with Gasteiger partial charge in [0.25, 0.3) is 0 Å². The summed E-state index contributed by atoms with van der Waals surface area (Å²) in [5.41, 5.74) is -0.543. The minimum absolute atomic E-state index is 0.245. The second kappa shape index (κ2) is 4.19. The lowest BCUT2D eigenvalue weighted by atomic mass is 9.94. The minimum Gasteiger partial charge on any atom is -0.206 e. The molecule has 1 fully saturated rings. The number of hydrogen-bond acceptors (Lipinski definition) is 1. The molecule has 0 radical (unpaired) electrons. The van der Waals surface area contributed by atoms with Crippen LogP contribution < -0.4 is 0 Å². The molecule has 1 aromatic rings. The Hall–Kier alpha value is -0.710. The van der Waals surface area contributed by atoms with E-state index in [2.05, 4.69) is 0 Å². The molecule has 94 valence electrons. The van der Waals surface area contributed by atoms with Gasteiger partial charge in [0, 0.05) is 4.75 Å². The summed E-state index contributed by atoms with van der Waals surface area (Å²) in [6.45, 7) is 1.95. The van der Waals surface area contributed by atoms with Gasteiger partial charge in [-0.1, -0.05) is 6.07 Å². The van der Waals surface area contributed by atoms with Crippen LogP contribution in [-0.4, -0.2) is 5.75 Å². The zero-order valence-corrected chi connectivity index (χ0v) is 10.1. The van der Waals surface area contributed by atoms with E-state index in [0.29, 0.717) is 5.56 Å². The summed E-state index contributed by atoms with van der Waals surface area (Å²) in [7, 11) is 0. The van der Waals surface area contributed by atoms with E-state index in [1.807, 2.05) is 6.92 Å². The fourth-order valence-corrected chi connectivity index (χ4v) is 3.40. The van der Waals surface area contributed by atoms with Crippen molar-refractivity contribution < 1.29 is 17.6 Å². The summed E-state index contributed by atoms with van der Waals surface area (Å²) >= 11 is 1.67. The highest BCUT2D eigenvalue weighted by Gasteiger charge is 2.36. The highest BCUT2D eigenvalue weighted by Crippen LogP contribution is 2.47. The molecule has 0 N–H and O–H groups in total. The molecule has 0 spiro atoms. The van der Waals surface area contributed by atoms with Crippen molar-refractivity contribution in [3.63, 3.8) is 0 Å². The molecule has 0 bridgehead atoms. The summed E-state index contributed by atoms with van der Waals surface area (Å²) in [6, 6.07) is 3.26. The molecule has 1 saturated heterocycles. The van der Waals surface area contributed by atoms with Gasteiger partial charge >= 0.3 is 6.18 Å². The van der Waals surface area contributed by atoms with E-state index < -0.39 is 17.6 Å². The number of halogens is 4. The quantitative estimate of drug-likeness (QED) is 0.669.